The fourth-order valence-corrected chi connectivity index (χ4v) is 3.97. The molecule has 7 heteroatoms. The molecule has 0 fully saturated rings. The van der Waals surface area contributed by atoms with Crippen LogP contribution in [0.25, 0.3) is 11.1 Å². The van der Waals surface area contributed by atoms with Gasteiger partial charge < -0.3 is 31.1 Å². The number of aliphatic hydroxyl groups is 2. The number of hydrogen-bond acceptors (Lipinski definition) is 6. The molecule has 31 heavy (non-hydrogen) atoms. The van der Waals surface area contributed by atoms with E-state index in [1.165, 1.54) is 18.2 Å². The van der Waals surface area contributed by atoms with E-state index in [2.05, 4.69) is 17.4 Å². The third kappa shape index (κ3) is 4.19. The SMILES string of the molecule is Nc1ccc(O)c(C(O)C(O)CNC(=O)OCC2c3ccccc3-c3ccccc32)c1. The number of anilines is 1. The number of nitrogens with one attached hydrogen (secondary N) is 1. The molecule has 6 N–H and O–H groups in total. The minimum absolute atomic E-state index is 0.0714. The van der Waals surface area contributed by atoms with Crippen molar-refractivity contribution in [1.82, 2.24) is 5.32 Å². The number of benzene rings is 3. The van der Waals surface area contributed by atoms with Gasteiger partial charge in [0.25, 0.3) is 0 Å². The van der Waals surface area contributed by atoms with Crippen LogP contribution in [0.2, 0.25) is 0 Å². The number of phenols is 1. The van der Waals surface area contributed by atoms with E-state index in [0.29, 0.717) is 5.69 Å². The molecule has 0 spiro atoms. The van der Waals surface area contributed by atoms with Crippen LogP contribution >= 0.6 is 0 Å². The van der Waals surface area contributed by atoms with Gasteiger partial charge in [-0.25, -0.2) is 4.79 Å². The lowest BCUT2D eigenvalue weighted by molar-refractivity contribution is 0.0173. The van der Waals surface area contributed by atoms with Crippen molar-refractivity contribution in [3.05, 3.63) is 83.4 Å². The lowest BCUT2D eigenvalue weighted by Crippen LogP contribution is -2.36. The molecule has 4 rings (SSSR count). The fraction of sp³-hybridized carbons (Fsp3) is 0.208. The molecule has 1 aliphatic rings. The molecule has 0 bridgehead atoms. The number of hydrogen-bond donors (Lipinski definition) is 5. The van der Waals surface area contributed by atoms with Crippen molar-refractivity contribution >= 4 is 11.8 Å². The lowest BCUT2D eigenvalue weighted by atomic mass is 9.98. The first-order valence-electron chi connectivity index (χ1n) is 9.99. The molecule has 3 aromatic carbocycles. The minimum atomic E-state index is -1.42. The number of rotatable bonds is 6. The van der Waals surface area contributed by atoms with Gasteiger partial charge in [-0.05, 0) is 40.5 Å². The van der Waals surface area contributed by atoms with Crippen molar-refractivity contribution in [2.24, 2.45) is 0 Å². The van der Waals surface area contributed by atoms with Crippen LogP contribution in [0.4, 0.5) is 10.5 Å². The van der Waals surface area contributed by atoms with Crippen molar-refractivity contribution in [3.8, 4) is 16.9 Å². The molecule has 0 saturated carbocycles. The van der Waals surface area contributed by atoms with Crippen molar-refractivity contribution < 1.29 is 24.9 Å². The van der Waals surface area contributed by atoms with E-state index in [-0.39, 0.29) is 30.4 Å². The van der Waals surface area contributed by atoms with Crippen molar-refractivity contribution in [2.75, 3.05) is 18.9 Å². The smallest absolute Gasteiger partial charge is 0.407 e. The number of carbonyl (C=O) groups excluding carboxylic acids is 1. The number of ether oxygens (including phenoxy) is 1. The van der Waals surface area contributed by atoms with Crippen LogP contribution in [-0.2, 0) is 4.74 Å². The number of aromatic hydroxyl groups is 1. The molecular weight excluding hydrogens is 396 g/mol. The van der Waals surface area contributed by atoms with Crippen LogP contribution in [-0.4, -0.2) is 40.7 Å². The number of nitrogen functional groups attached to an aromatic ring is 1. The van der Waals surface area contributed by atoms with Gasteiger partial charge in [0.2, 0.25) is 0 Å². The van der Waals surface area contributed by atoms with Crippen molar-refractivity contribution in [1.29, 1.82) is 0 Å². The van der Waals surface area contributed by atoms with E-state index in [1.54, 1.807) is 0 Å². The Morgan fingerprint density at radius 3 is 2.26 bits per heavy atom. The predicted octanol–water partition coefficient (Wildman–Crippen LogP) is 2.91. The minimum Gasteiger partial charge on any atom is -0.508 e. The molecule has 0 aliphatic heterocycles. The number of aliphatic hydroxyl groups excluding tert-OH is 2. The van der Waals surface area contributed by atoms with Crippen LogP contribution in [0, 0.1) is 0 Å². The molecule has 2 unspecified atom stereocenters. The molecule has 0 heterocycles. The van der Waals surface area contributed by atoms with Crippen LogP contribution in [0.1, 0.15) is 28.7 Å². The summed E-state index contributed by atoms with van der Waals surface area (Å²) in [6.45, 7) is -0.111. The Labute approximate surface area is 179 Å². The van der Waals surface area contributed by atoms with Gasteiger partial charge in [0.05, 0.1) is 0 Å². The monoisotopic (exact) mass is 420 g/mol. The van der Waals surface area contributed by atoms with E-state index >= 15 is 0 Å². The average molecular weight is 420 g/mol. The maximum Gasteiger partial charge on any atom is 0.407 e. The van der Waals surface area contributed by atoms with E-state index in [1.807, 2.05) is 36.4 Å². The second-order valence-corrected chi connectivity index (χ2v) is 7.54. The summed E-state index contributed by atoms with van der Waals surface area (Å²) in [5.74, 6) is -0.264. The Kier molecular flexibility index (Phi) is 5.79. The van der Waals surface area contributed by atoms with Gasteiger partial charge in [0.1, 0.15) is 24.6 Å². The summed E-state index contributed by atoms with van der Waals surface area (Å²) < 4.78 is 5.41. The quantitative estimate of drug-likeness (QED) is 0.308. The number of alkyl carbamates (subject to hydrolysis) is 1. The first kappa shape index (κ1) is 20.7. The second kappa shape index (κ2) is 8.67. The van der Waals surface area contributed by atoms with Crippen LogP contribution in [0.5, 0.6) is 5.75 Å². The Morgan fingerprint density at radius 1 is 1.00 bits per heavy atom. The maximum absolute atomic E-state index is 12.2. The zero-order valence-corrected chi connectivity index (χ0v) is 16.7. The highest BCUT2D eigenvalue weighted by atomic mass is 16.5. The van der Waals surface area contributed by atoms with Gasteiger partial charge in [0, 0.05) is 23.7 Å². The van der Waals surface area contributed by atoms with Crippen LogP contribution in [0.3, 0.4) is 0 Å². The lowest BCUT2D eigenvalue weighted by Gasteiger charge is -2.20. The molecule has 7 nitrogen and oxygen atoms in total. The standard InChI is InChI=1S/C24H24N2O5/c25-14-9-10-21(27)19(11-14)23(29)22(28)12-26-24(30)31-13-20-17-7-3-1-5-15(17)16-6-2-4-8-18(16)20/h1-11,20,22-23,27-29H,12-13,25H2,(H,26,30). The van der Waals surface area contributed by atoms with Crippen molar-refractivity contribution in [2.45, 2.75) is 18.1 Å². The normalized spacial score (nSPS) is 14.4. The summed E-state index contributed by atoms with van der Waals surface area (Å²) in [5.41, 5.74) is 10.5. The van der Waals surface area contributed by atoms with Gasteiger partial charge in [-0.15, -0.1) is 0 Å². The van der Waals surface area contributed by atoms with Gasteiger partial charge in [-0.1, -0.05) is 48.5 Å². The van der Waals surface area contributed by atoms with Gasteiger partial charge in [-0.2, -0.15) is 0 Å². The third-order valence-corrected chi connectivity index (χ3v) is 5.53. The van der Waals surface area contributed by atoms with E-state index in [0.717, 1.165) is 22.3 Å². The molecule has 160 valence electrons. The summed E-state index contributed by atoms with van der Waals surface area (Å²) in [4.78, 5) is 12.2. The van der Waals surface area contributed by atoms with Gasteiger partial charge in [-0.3, -0.25) is 0 Å². The Bertz CT molecular complexity index is 1060. The summed E-state index contributed by atoms with van der Waals surface area (Å²) >= 11 is 0. The first-order valence-corrected chi connectivity index (χ1v) is 9.99. The third-order valence-electron chi connectivity index (χ3n) is 5.53. The zero-order chi connectivity index (χ0) is 22.0. The van der Waals surface area contributed by atoms with Crippen LogP contribution in [0.15, 0.2) is 66.7 Å². The first-order chi connectivity index (χ1) is 15.0. The number of phenolic OH excluding ortho intramolecular Hbond substituents is 1. The number of nitrogens with two attached hydrogens (primary N) is 1. The summed E-state index contributed by atoms with van der Waals surface area (Å²) in [6.07, 6.45) is -3.48. The molecule has 1 aliphatic carbocycles. The van der Waals surface area contributed by atoms with Crippen molar-refractivity contribution in [3.63, 3.8) is 0 Å². The molecule has 1 amide bonds. The largest absolute Gasteiger partial charge is 0.508 e. The summed E-state index contributed by atoms with van der Waals surface area (Å²) in [7, 11) is 0. The highest BCUT2D eigenvalue weighted by Gasteiger charge is 2.29. The molecule has 0 radical (unpaired) electrons. The predicted molar refractivity (Wildman–Crippen MR) is 117 cm³/mol. The Balaban J connectivity index is 1.35. The fourth-order valence-electron chi connectivity index (χ4n) is 3.97. The molecule has 0 saturated heterocycles. The summed E-state index contributed by atoms with van der Waals surface area (Å²) in [6, 6.07) is 20.2. The number of carbonyl (C=O) groups is 1. The molecule has 2 atom stereocenters. The number of amides is 1. The topological polar surface area (TPSA) is 125 Å². The highest BCUT2D eigenvalue weighted by Crippen LogP contribution is 2.44. The molecule has 0 aromatic heterocycles. The maximum atomic E-state index is 12.2. The summed E-state index contributed by atoms with van der Waals surface area (Å²) in [5, 5.41) is 32.8. The second-order valence-electron chi connectivity index (χ2n) is 7.54. The number of fused-ring (bicyclic) bond motifs is 3. The average Bonchev–Trinajstić information content (AvgIpc) is 3.11. The van der Waals surface area contributed by atoms with Gasteiger partial charge >= 0.3 is 6.09 Å². The molecule has 3 aromatic rings. The zero-order valence-electron chi connectivity index (χ0n) is 16.7. The van der Waals surface area contributed by atoms with Crippen LogP contribution < -0.4 is 11.1 Å². The van der Waals surface area contributed by atoms with Gasteiger partial charge in [0.15, 0.2) is 0 Å². The van der Waals surface area contributed by atoms with E-state index < -0.39 is 18.3 Å². The Morgan fingerprint density at radius 2 is 1.61 bits per heavy atom. The van der Waals surface area contributed by atoms with E-state index in [4.69, 9.17) is 10.5 Å². The highest BCUT2D eigenvalue weighted by molar-refractivity contribution is 5.79. The Hall–Kier alpha value is -3.55. The van der Waals surface area contributed by atoms with E-state index in [9.17, 15) is 20.1 Å². The molecular formula is C24H24N2O5.